The number of nitrogens with zero attached hydrogens (tertiary/aromatic N) is 2. The van der Waals surface area contributed by atoms with Crippen LogP contribution in [0.2, 0.25) is 0 Å². The Hall–Kier alpha value is -0.390. The van der Waals surface area contributed by atoms with Crippen molar-refractivity contribution >= 4 is 15.9 Å². The van der Waals surface area contributed by atoms with Crippen LogP contribution in [0.3, 0.4) is 0 Å². The van der Waals surface area contributed by atoms with Gasteiger partial charge in [0.1, 0.15) is 0 Å². The molecule has 0 spiro atoms. The van der Waals surface area contributed by atoms with Gasteiger partial charge in [0.2, 0.25) is 0 Å². The SMILES string of the molecule is CCn1nc(C)c(Br)c1CC(C)(CC)CNCCOC. The van der Waals surface area contributed by atoms with Crippen molar-refractivity contribution < 1.29 is 4.74 Å². The first-order valence-electron chi connectivity index (χ1n) is 7.38. The normalized spacial score (nSPS) is 14.5. The van der Waals surface area contributed by atoms with Crippen molar-refractivity contribution in [3.05, 3.63) is 15.9 Å². The molecule has 1 N–H and O–H groups in total. The summed E-state index contributed by atoms with van der Waals surface area (Å²) in [7, 11) is 1.74. The number of nitrogens with one attached hydrogen (secondary N) is 1. The molecule has 1 rings (SSSR count). The van der Waals surface area contributed by atoms with Gasteiger partial charge in [-0.3, -0.25) is 4.68 Å². The third kappa shape index (κ3) is 4.57. The molecule has 1 atom stereocenters. The molecule has 0 radical (unpaired) electrons. The van der Waals surface area contributed by atoms with Gasteiger partial charge in [0.25, 0.3) is 0 Å². The summed E-state index contributed by atoms with van der Waals surface area (Å²) in [5.74, 6) is 0. The van der Waals surface area contributed by atoms with E-state index in [1.165, 1.54) is 5.69 Å². The summed E-state index contributed by atoms with van der Waals surface area (Å²) in [6, 6.07) is 0. The highest BCUT2D eigenvalue weighted by atomic mass is 79.9. The Balaban J connectivity index is 2.76. The second kappa shape index (κ2) is 8.15. The molecule has 0 aliphatic rings. The molecule has 0 aliphatic heterocycles. The highest BCUT2D eigenvalue weighted by Crippen LogP contribution is 2.31. The number of halogens is 1. The van der Waals surface area contributed by atoms with Crippen LogP contribution in [0.5, 0.6) is 0 Å². The average molecular weight is 346 g/mol. The Morgan fingerprint density at radius 3 is 2.65 bits per heavy atom. The first-order chi connectivity index (χ1) is 9.47. The number of rotatable bonds is 9. The molecule has 0 amide bonds. The van der Waals surface area contributed by atoms with E-state index < -0.39 is 0 Å². The molecule has 1 heterocycles. The Kier molecular flexibility index (Phi) is 7.20. The van der Waals surface area contributed by atoms with Crippen LogP contribution in [0, 0.1) is 12.3 Å². The lowest BCUT2D eigenvalue weighted by atomic mass is 9.82. The first-order valence-corrected chi connectivity index (χ1v) is 8.18. The lowest BCUT2D eigenvalue weighted by Crippen LogP contribution is -2.35. The summed E-state index contributed by atoms with van der Waals surface area (Å²) in [6.07, 6.45) is 2.16. The van der Waals surface area contributed by atoms with Crippen molar-refractivity contribution in [2.24, 2.45) is 5.41 Å². The molecule has 0 fully saturated rings. The lowest BCUT2D eigenvalue weighted by molar-refractivity contribution is 0.190. The van der Waals surface area contributed by atoms with E-state index in [-0.39, 0.29) is 5.41 Å². The zero-order chi connectivity index (χ0) is 15.2. The zero-order valence-corrected chi connectivity index (χ0v) is 15.0. The van der Waals surface area contributed by atoms with Crippen molar-refractivity contribution in [2.45, 2.75) is 47.1 Å². The topological polar surface area (TPSA) is 39.1 Å². The number of hydrogen-bond acceptors (Lipinski definition) is 3. The van der Waals surface area contributed by atoms with Gasteiger partial charge in [-0.1, -0.05) is 13.8 Å². The van der Waals surface area contributed by atoms with E-state index in [2.05, 4.69) is 58.7 Å². The molecule has 1 aromatic heterocycles. The number of methoxy groups -OCH3 is 1. The Morgan fingerprint density at radius 2 is 2.10 bits per heavy atom. The minimum absolute atomic E-state index is 0.232. The van der Waals surface area contributed by atoms with Crippen LogP contribution in [-0.4, -0.2) is 36.6 Å². The van der Waals surface area contributed by atoms with Gasteiger partial charge < -0.3 is 10.1 Å². The largest absolute Gasteiger partial charge is 0.383 e. The van der Waals surface area contributed by atoms with Crippen LogP contribution in [0.4, 0.5) is 0 Å². The molecule has 0 saturated carbocycles. The molecule has 1 aromatic rings. The highest BCUT2D eigenvalue weighted by Gasteiger charge is 2.26. The molecule has 0 aliphatic carbocycles. The molecule has 0 saturated heterocycles. The van der Waals surface area contributed by atoms with Crippen molar-refractivity contribution in [1.82, 2.24) is 15.1 Å². The summed E-state index contributed by atoms with van der Waals surface area (Å²) < 4.78 is 8.36. The van der Waals surface area contributed by atoms with Crippen LogP contribution >= 0.6 is 15.9 Å². The Bertz CT molecular complexity index is 419. The van der Waals surface area contributed by atoms with E-state index in [1.54, 1.807) is 7.11 Å². The van der Waals surface area contributed by atoms with E-state index in [0.717, 1.165) is 49.2 Å². The quantitative estimate of drug-likeness (QED) is 0.698. The molecule has 116 valence electrons. The minimum Gasteiger partial charge on any atom is -0.383 e. The smallest absolute Gasteiger partial charge is 0.0738 e. The number of ether oxygens (including phenoxy) is 1. The average Bonchev–Trinajstić information content (AvgIpc) is 2.71. The van der Waals surface area contributed by atoms with Gasteiger partial charge >= 0.3 is 0 Å². The van der Waals surface area contributed by atoms with E-state index in [1.807, 2.05) is 0 Å². The molecule has 1 unspecified atom stereocenters. The van der Waals surface area contributed by atoms with Crippen molar-refractivity contribution in [2.75, 3.05) is 26.8 Å². The van der Waals surface area contributed by atoms with Crippen molar-refractivity contribution in [1.29, 1.82) is 0 Å². The standard InChI is InChI=1S/C15H28BrN3O/c1-6-15(4,11-17-8-9-20-5)10-13-14(16)12(3)18-19(13)7-2/h17H,6-11H2,1-5H3. The number of hydrogen-bond donors (Lipinski definition) is 1. The zero-order valence-electron chi connectivity index (χ0n) is 13.4. The molecule has 20 heavy (non-hydrogen) atoms. The Morgan fingerprint density at radius 1 is 1.40 bits per heavy atom. The predicted octanol–water partition coefficient (Wildman–Crippen LogP) is 3.17. The van der Waals surface area contributed by atoms with Crippen LogP contribution in [-0.2, 0) is 17.7 Å². The van der Waals surface area contributed by atoms with Gasteiger partial charge in [-0.25, -0.2) is 0 Å². The van der Waals surface area contributed by atoms with E-state index in [9.17, 15) is 0 Å². The third-order valence-electron chi connectivity index (χ3n) is 3.94. The molecule has 0 bridgehead atoms. The maximum Gasteiger partial charge on any atom is 0.0738 e. The van der Waals surface area contributed by atoms with Gasteiger partial charge in [-0.15, -0.1) is 0 Å². The second-order valence-electron chi connectivity index (χ2n) is 5.67. The lowest BCUT2D eigenvalue weighted by Gasteiger charge is -2.29. The first kappa shape index (κ1) is 17.7. The predicted molar refractivity (Wildman–Crippen MR) is 87.2 cm³/mol. The van der Waals surface area contributed by atoms with Gasteiger partial charge in [0.05, 0.1) is 22.5 Å². The Labute approximate surface area is 131 Å². The number of aromatic nitrogens is 2. The fraction of sp³-hybridized carbons (Fsp3) is 0.800. The monoisotopic (exact) mass is 345 g/mol. The summed E-state index contributed by atoms with van der Waals surface area (Å²) in [5, 5.41) is 8.08. The minimum atomic E-state index is 0.232. The summed E-state index contributed by atoms with van der Waals surface area (Å²) >= 11 is 3.69. The van der Waals surface area contributed by atoms with Gasteiger partial charge in [-0.2, -0.15) is 5.10 Å². The maximum absolute atomic E-state index is 5.08. The van der Waals surface area contributed by atoms with Crippen LogP contribution in [0.15, 0.2) is 4.47 Å². The van der Waals surface area contributed by atoms with Crippen LogP contribution in [0.1, 0.15) is 38.6 Å². The van der Waals surface area contributed by atoms with Gasteiger partial charge in [0, 0.05) is 26.7 Å². The van der Waals surface area contributed by atoms with E-state index >= 15 is 0 Å². The molecular formula is C15H28BrN3O. The van der Waals surface area contributed by atoms with Crippen LogP contribution < -0.4 is 5.32 Å². The number of aryl methyl sites for hydroxylation is 2. The third-order valence-corrected chi connectivity index (χ3v) is 4.97. The molecule has 4 nitrogen and oxygen atoms in total. The highest BCUT2D eigenvalue weighted by molar-refractivity contribution is 9.10. The maximum atomic E-state index is 5.08. The fourth-order valence-electron chi connectivity index (χ4n) is 2.32. The second-order valence-corrected chi connectivity index (χ2v) is 6.47. The molecule has 5 heteroatoms. The molecular weight excluding hydrogens is 318 g/mol. The van der Waals surface area contributed by atoms with Crippen molar-refractivity contribution in [3.8, 4) is 0 Å². The fourth-order valence-corrected chi connectivity index (χ4v) is 2.74. The van der Waals surface area contributed by atoms with Gasteiger partial charge in [-0.05, 0) is 48.0 Å². The summed E-state index contributed by atoms with van der Waals surface area (Å²) in [5.41, 5.74) is 2.62. The van der Waals surface area contributed by atoms with Crippen molar-refractivity contribution in [3.63, 3.8) is 0 Å². The molecule has 0 aromatic carbocycles. The summed E-state index contributed by atoms with van der Waals surface area (Å²) in [4.78, 5) is 0. The van der Waals surface area contributed by atoms with E-state index in [4.69, 9.17) is 4.74 Å². The summed E-state index contributed by atoms with van der Waals surface area (Å²) in [6.45, 7) is 12.4. The van der Waals surface area contributed by atoms with E-state index in [0.29, 0.717) is 0 Å². The van der Waals surface area contributed by atoms with Gasteiger partial charge in [0.15, 0.2) is 0 Å². The van der Waals surface area contributed by atoms with Crippen LogP contribution in [0.25, 0.3) is 0 Å².